The molecule has 0 aromatic heterocycles. The average molecular weight is 528 g/mol. The smallest absolute Gasteiger partial charge is 0.379 e. The molecule has 1 aliphatic rings. The van der Waals surface area contributed by atoms with Crippen molar-refractivity contribution < 1.29 is 17.9 Å². The molecule has 1 heterocycles. The van der Waals surface area contributed by atoms with Crippen LogP contribution in [-0.2, 0) is 22.9 Å². The lowest BCUT2D eigenvalue weighted by atomic mass is 9.87. The van der Waals surface area contributed by atoms with E-state index in [2.05, 4.69) is 55.3 Å². The van der Waals surface area contributed by atoms with Crippen molar-refractivity contribution in [1.29, 1.82) is 0 Å². The number of halogens is 4. The maximum absolute atomic E-state index is 13.6. The molecule has 1 saturated heterocycles. The first-order chi connectivity index (χ1) is 16.4. The van der Waals surface area contributed by atoms with Gasteiger partial charge in [-0.15, -0.1) is 0 Å². The molecule has 1 aliphatic heterocycles. The molecular formula is C26H33ClF3N3OS. The zero-order valence-corrected chi connectivity index (χ0v) is 22.0. The SMILES string of the molecule is CC(C)(C)c1ccc(CN(CCCN2CCOCC2)C(=S)Nc2cc(Cl)ccc2C(F)(F)F)cc1. The number of alkyl halides is 3. The van der Waals surface area contributed by atoms with Gasteiger partial charge in [-0.1, -0.05) is 56.6 Å². The summed E-state index contributed by atoms with van der Waals surface area (Å²) in [6.45, 7) is 11.6. The molecule has 35 heavy (non-hydrogen) atoms. The zero-order chi connectivity index (χ0) is 25.6. The molecule has 9 heteroatoms. The fourth-order valence-electron chi connectivity index (χ4n) is 3.95. The fourth-order valence-corrected chi connectivity index (χ4v) is 4.39. The van der Waals surface area contributed by atoms with Gasteiger partial charge in [-0.2, -0.15) is 13.2 Å². The topological polar surface area (TPSA) is 27.7 Å². The van der Waals surface area contributed by atoms with E-state index in [0.717, 1.165) is 50.9 Å². The lowest BCUT2D eigenvalue weighted by Gasteiger charge is -2.30. The van der Waals surface area contributed by atoms with Gasteiger partial charge in [0.1, 0.15) is 0 Å². The van der Waals surface area contributed by atoms with Crippen molar-refractivity contribution in [2.75, 3.05) is 44.7 Å². The quantitative estimate of drug-likeness (QED) is 0.411. The molecule has 1 fully saturated rings. The number of anilines is 1. The second-order valence-corrected chi connectivity index (χ2v) is 10.6. The Bertz CT molecular complexity index is 987. The van der Waals surface area contributed by atoms with Crippen LogP contribution in [0, 0.1) is 0 Å². The van der Waals surface area contributed by atoms with Gasteiger partial charge in [-0.25, -0.2) is 0 Å². The molecule has 2 aromatic carbocycles. The molecule has 0 radical (unpaired) electrons. The van der Waals surface area contributed by atoms with E-state index in [9.17, 15) is 13.2 Å². The van der Waals surface area contributed by atoms with E-state index >= 15 is 0 Å². The maximum Gasteiger partial charge on any atom is 0.418 e. The highest BCUT2D eigenvalue weighted by atomic mass is 35.5. The van der Waals surface area contributed by atoms with Gasteiger partial charge in [0.15, 0.2) is 5.11 Å². The van der Waals surface area contributed by atoms with Crippen molar-refractivity contribution in [2.45, 2.75) is 45.3 Å². The van der Waals surface area contributed by atoms with E-state index < -0.39 is 11.7 Å². The lowest BCUT2D eigenvalue weighted by Crippen LogP contribution is -2.40. The molecule has 0 aliphatic carbocycles. The van der Waals surface area contributed by atoms with Gasteiger partial charge < -0.3 is 15.0 Å². The Kier molecular flexibility index (Phi) is 9.43. The van der Waals surface area contributed by atoms with Crippen LogP contribution >= 0.6 is 23.8 Å². The number of hydrogen-bond donors (Lipinski definition) is 1. The third-order valence-corrected chi connectivity index (χ3v) is 6.61. The van der Waals surface area contributed by atoms with E-state index in [1.54, 1.807) is 0 Å². The van der Waals surface area contributed by atoms with Gasteiger partial charge in [-0.3, -0.25) is 4.90 Å². The molecule has 4 nitrogen and oxygen atoms in total. The van der Waals surface area contributed by atoms with Crippen molar-refractivity contribution in [1.82, 2.24) is 9.80 Å². The Morgan fingerprint density at radius 1 is 1.09 bits per heavy atom. The summed E-state index contributed by atoms with van der Waals surface area (Å²) in [6.07, 6.45) is -3.70. The number of morpholine rings is 1. The number of nitrogens with zero attached hydrogens (tertiary/aromatic N) is 2. The molecular weight excluding hydrogens is 495 g/mol. The van der Waals surface area contributed by atoms with Crippen LogP contribution in [0.1, 0.15) is 43.9 Å². The molecule has 192 valence electrons. The monoisotopic (exact) mass is 527 g/mol. The van der Waals surface area contributed by atoms with Gasteiger partial charge in [0.05, 0.1) is 24.5 Å². The number of thiocarbonyl (C=S) groups is 1. The van der Waals surface area contributed by atoms with Crippen LogP contribution < -0.4 is 5.32 Å². The van der Waals surface area contributed by atoms with Crippen molar-refractivity contribution >= 4 is 34.6 Å². The van der Waals surface area contributed by atoms with Crippen LogP contribution in [0.3, 0.4) is 0 Å². The summed E-state index contributed by atoms with van der Waals surface area (Å²) in [6, 6.07) is 11.8. The average Bonchev–Trinajstić information content (AvgIpc) is 2.78. The van der Waals surface area contributed by atoms with Gasteiger partial charge >= 0.3 is 6.18 Å². The van der Waals surface area contributed by atoms with Gasteiger partial charge in [0.25, 0.3) is 0 Å². The Morgan fingerprint density at radius 2 is 1.74 bits per heavy atom. The van der Waals surface area contributed by atoms with Crippen LogP contribution in [0.15, 0.2) is 42.5 Å². The highest BCUT2D eigenvalue weighted by molar-refractivity contribution is 7.80. The normalized spacial score (nSPS) is 15.2. The van der Waals surface area contributed by atoms with Crippen LogP contribution in [0.4, 0.5) is 18.9 Å². The van der Waals surface area contributed by atoms with E-state index in [-0.39, 0.29) is 21.2 Å². The Hall–Kier alpha value is -1.87. The first-order valence-corrected chi connectivity index (χ1v) is 12.5. The highest BCUT2D eigenvalue weighted by Gasteiger charge is 2.34. The second-order valence-electron chi connectivity index (χ2n) is 9.79. The van der Waals surface area contributed by atoms with Crippen molar-refractivity contribution in [3.63, 3.8) is 0 Å². The van der Waals surface area contributed by atoms with Crippen molar-refractivity contribution in [3.8, 4) is 0 Å². The van der Waals surface area contributed by atoms with E-state index in [1.165, 1.54) is 17.7 Å². The second kappa shape index (κ2) is 11.9. The number of ether oxygens (including phenoxy) is 1. The molecule has 0 saturated carbocycles. The summed E-state index contributed by atoms with van der Waals surface area (Å²) in [5.74, 6) is 0. The molecule has 0 bridgehead atoms. The minimum Gasteiger partial charge on any atom is -0.379 e. The molecule has 1 N–H and O–H groups in total. The predicted molar refractivity (Wildman–Crippen MR) is 140 cm³/mol. The number of rotatable bonds is 7. The maximum atomic E-state index is 13.6. The van der Waals surface area contributed by atoms with Crippen LogP contribution in [0.5, 0.6) is 0 Å². The predicted octanol–water partition coefficient (Wildman–Crippen LogP) is 6.58. The van der Waals surface area contributed by atoms with E-state index in [4.69, 9.17) is 28.6 Å². The number of benzene rings is 2. The molecule has 2 aromatic rings. The van der Waals surface area contributed by atoms with Gasteiger partial charge in [-0.05, 0) is 53.4 Å². The summed E-state index contributed by atoms with van der Waals surface area (Å²) in [5.41, 5.74) is 1.35. The van der Waals surface area contributed by atoms with Gasteiger partial charge in [0, 0.05) is 37.7 Å². The first-order valence-electron chi connectivity index (χ1n) is 11.8. The van der Waals surface area contributed by atoms with Crippen LogP contribution in [-0.4, -0.2) is 54.3 Å². The van der Waals surface area contributed by atoms with Crippen molar-refractivity contribution in [3.05, 3.63) is 64.2 Å². The van der Waals surface area contributed by atoms with Crippen LogP contribution in [0.25, 0.3) is 0 Å². The largest absolute Gasteiger partial charge is 0.418 e. The van der Waals surface area contributed by atoms with Gasteiger partial charge in [0.2, 0.25) is 0 Å². The van der Waals surface area contributed by atoms with Crippen molar-refractivity contribution in [2.24, 2.45) is 0 Å². The molecule has 0 atom stereocenters. The molecule has 0 unspecified atom stereocenters. The number of nitrogens with one attached hydrogen (secondary N) is 1. The summed E-state index contributed by atoms with van der Waals surface area (Å²) >= 11 is 11.6. The van der Waals surface area contributed by atoms with E-state index in [1.807, 2.05) is 4.90 Å². The minimum atomic E-state index is -4.52. The first kappa shape index (κ1) is 27.7. The Balaban J connectivity index is 1.76. The third kappa shape index (κ3) is 8.34. The molecule has 3 rings (SSSR count). The minimum absolute atomic E-state index is 0.0355. The summed E-state index contributed by atoms with van der Waals surface area (Å²) < 4.78 is 46.1. The zero-order valence-electron chi connectivity index (χ0n) is 20.4. The molecule has 0 amide bonds. The summed E-state index contributed by atoms with van der Waals surface area (Å²) in [7, 11) is 0. The lowest BCUT2D eigenvalue weighted by molar-refractivity contribution is -0.136. The molecule has 0 spiro atoms. The van der Waals surface area contributed by atoms with E-state index in [0.29, 0.717) is 13.1 Å². The fraction of sp³-hybridized carbons (Fsp3) is 0.500. The highest BCUT2D eigenvalue weighted by Crippen LogP contribution is 2.36. The third-order valence-electron chi connectivity index (χ3n) is 6.02. The Labute approximate surface area is 216 Å². The van der Waals surface area contributed by atoms with Crippen LogP contribution in [0.2, 0.25) is 5.02 Å². The standard InChI is InChI=1S/C26H33ClF3N3OS/c1-25(2,3)20-7-5-19(6-8-20)18-33(12-4-11-32-13-15-34-16-14-32)24(35)31-23-17-21(27)9-10-22(23)26(28,29)30/h5-10,17H,4,11-16,18H2,1-3H3,(H,31,35). The summed E-state index contributed by atoms with van der Waals surface area (Å²) in [5, 5.41) is 3.27. The Morgan fingerprint density at radius 3 is 2.34 bits per heavy atom. The summed E-state index contributed by atoms with van der Waals surface area (Å²) in [4.78, 5) is 4.25. The number of hydrogen-bond acceptors (Lipinski definition) is 3.